The van der Waals surface area contributed by atoms with Crippen LogP contribution < -0.4 is 0 Å². The fourth-order valence-corrected chi connectivity index (χ4v) is 2.38. The van der Waals surface area contributed by atoms with E-state index in [2.05, 4.69) is 12.1 Å². The summed E-state index contributed by atoms with van der Waals surface area (Å²) in [6.45, 7) is 2.52. The quantitative estimate of drug-likeness (QED) is 0.841. The van der Waals surface area contributed by atoms with Crippen LogP contribution in [0.3, 0.4) is 0 Å². The average molecular weight is 248 g/mol. The van der Waals surface area contributed by atoms with Crippen LogP contribution in [0.5, 0.6) is 0 Å². The fourth-order valence-electron chi connectivity index (χ4n) is 2.38. The minimum Gasteiger partial charge on any atom is -0.481 e. The molecule has 0 spiro atoms. The summed E-state index contributed by atoms with van der Waals surface area (Å²) in [6.07, 6.45) is 2.96. The van der Waals surface area contributed by atoms with E-state index in [-0.39, 0.29) is 11.3 Å². The van der Waals surface area contributed by atoms with Crippen LogP contribution in [0.25, 0.3) is 0 Å². The number of benzene rings is 1. The van der Waals surface area contributed by atoms with Crippen molar-refractivity contribution in [3.05, 3.63) is 35.4 Å². The van der Waals surface area contributed by atoms with Crippen molar-refractivity contribution in [1.29, 1.82) is 0 Å². The van der Waals surface area contributed by atoms with Crippen LogP contribution in [0.2, 0.25) is 0 Å². The van der Waals surface area contributed by atoms with Gasteiger partial charge in [0.25, 0.3) is 0 Å². The maximum Gasteiger partial charge on any atom is 0.306 e. The van der Waals surface area contributed by atoms with E-state index in [4.69, 9.17) is 9.84 Å². The summed E-state index contributed by atoms with van der Waals surface area (Å²) >= 11 is 0. The summed E-state index contributed by atoms with van der Waals surface area (Å²) in [5.41, 5.74) is 2.63. The highest BCUT2D eigenvalue weighted by molar-refractivity contribution is 5.69. The first-order chi connectivity index (χ1) is 8.57. The Balaban J connectivity index is 2.04. The first-order valence-corrected chi connectivity index (χ1v) is 6.38. The fraction of sp³-hybridized carbons (Fsp3) is 0.533. The molecule has 1 N–H and O–H groups in total. The van der Waals surface area contributed by atoms with Crippen LogP contribution in [0.4, 0.5) is 0 Å². The van der Waals surface area contributed by atoms with Gasteiger partial charge < -0.3 is 9.84 Å². The van der Waals surface area contributed by atoms with E-state index in [1.54, 1.807) is 14.0 Å². The molecule has 1 aliphatic carbocycles. The summed E-state index contributed by atoms with van der Waals surface area (Å²) < 4.78 is 5.27. The second-order valence-corrected chi connectivity index (χ2v) is 5.35. The van der Waals surface area contributed by atoms with E-state index >= 15 is 0 Å². The van der Waals surface area contributed by atoms with Crippen LogP contribution in [-0.2, 0) is 21.4 Å². The Bertz CT molecular complexity index is 418. The lowest BCUT2D eigenvalue weighted by molar-refractivity contribution is -0.141. The average Bonchev–Trinajstić information content (AvgIpc) is 3.11. The molecule has 3 nitrogen and oxygen atoms in total. The summed E-state index contributed by atoms with van der Waals surface area (Å²) in [5, 5.41) is 8.89. The maximum atomic E-state index is 10.8. The van der Waals surface area contributed by atoms with Gasteiger partial charge in [0.2, 0.25) is 0 Å². The van der Waals surface area contributed by atoms with E-state index in [1.165, 1.54) is 18.4 Å². The number of carboxylic acid groups (broad SMARTS) is 1. The van der Waals surface area contributed by atoms with Crippen molar-refractivity contribution < 1.29 is 14.6 Å². The van der Waals surface area contributed by atoms with Gasteiger partial charge in [0.15, 0.2) is 0 Å². The molecule has 1 fully saturated rings. The Kier molecular flexibility index (Phi) is 3.71. The lowest BCUT2D eigenvalue weighted by atomic mass is 9.94. The minimum atomic E-state index is -0.739. The van der Waals surface area contributed by atoms with Crippen molar-refractivity contribution in [3.8, 4) is 0 Å². The molecule has 0 aliphatic heterocycles. The van der Waals surface area contributed by atoms with Crippen molar-refractivity contribution in [3.63, 3.8) is 0 Å². The van der Waals surface area contributed by atoms with Gasteiger partial charge in [-0.1, -0.05) is 31.2 Å². The van der Waals surface area contributed by atoms with Gasteiger partial charge in [-0.25, -0.2) is 0 Å². The normalized spacial score (nSPS) is 18.3. The zero-order chi connectivity index (χ0) is 13.2. The zero-order valence-corrected chi connectivity index (χ0v) is 11.0. The molecule has 0 heterocycles. The predicted molar refractivity (Wildman–Crippen MR) is 69.7 cm³/mol. The highest BCUT2D eigenvalue weighted by atomic mass is 16.5. The van der Waals surface area contributed by atoms with E-state index in [1.807, 2.05) is 12.1 Å². The monoisotopic (exact) mass is 248 g/mol. The van der Waals surface area contributed by atoms with E-state index in [9.17, 15) is 4.79 Å². The van der Waals surface area contributed by atoms with Crippen LogP contribution in [0.1, 0.15) is 30.9 Å². The third-order valence-electron chi connectivity index (χ3n) is 3.80. The molecule has 0 bridgehead atoms. The second-order valence-electron chi connectivity index (χ2n) is 5.35. The van der Waals surface area contributed by atoms with Gasteiger partial charge in [-0.05, 0) is 30.4 Å². The molecule has 1 aromatic rings. The molecule has 2 rings (SSSR count). The molecule has 0 amide bonds. The van der Waals surface area contributed by atoms with E-state index < -0.39 is 5.97 Å². The highest BCUT2D eigenvalue weighted by Gasteiger charge is 2.44. The van der Waals surface area contributed by atoms with Crippen molar-refractivity contribution in [2.24, 2.45) is 5.92 Å². The Morgan fingerprint density at radius 2 is 2.00 bits per heavy atom. The lowest BCUT2D eigenvalue weighted by Crippen LogP contribution is -2.15. The van der Waals surface area contributed by atoms with Crippen molar-refractivity contribution in [1.82, 2.24) is 0 Å². The Labute approximate surface area is 108 Å². The van der Waals surface area contributed by atoms with Gasteiger partial charge in [0, 0.05) is 12.5 Å². The molecule has 1 atom stereocenters. The molecular formula is C15H20O3. The summed E-state index contributed by atoms with van der Waals surface area (Å²) in [4.78, 5) is 10.8. The van der Waals surface area contributed by atoms with Crippen LogP contribution in [0, 0.1) is 5.92 Å². The number of hydrogen-bond donors (Lipinski definition) is 1. The Hall–Kier alpha value is -1.35. The molecule has 1 saturated carbocycles. The van der Waals surface area contributed by atoms with Gasteiger partial charge in [-0.3, -0.25) is 4.79 Å². The maximum absolute atomic E-state index is 10.8. The lowest BCUT2D eigenvalue weighted by Gasteiger charge is -2.15. The number of carbonyl (C=O) groups is 1. The first kappa shape index (κ1) is 13.1. The van der Waals surface area contributed by atoms with Gasteiger partial charge in [-0.15, -0.1) is 0 Å². The zero-order valence-electron chi connectivity index (χ0n) is 11.0. The molecule has 0 aromatic heterocycles. The van der Waals surface area contributed by atoms with Gasteiger partial charge in [0.1, 0.15) is 0 Å². The SMILES string of the molecule is COCC1(c2ccc(CC(C)C(=O)O)cc2)CC1. The minimum absolute atomic E-state index is 0.228. The molecule has 3 heteroatoms. The topological polar surface area (TPSA) is 46.5 Å². The van der Waals surface area contributed by atoms with Crippen LogP contribution >= 0.6 is 0 Å². The van der Waals surface area contributed by atoms with Gasteiger partial charge in [0.05, 0.1) is 12.5 Å². The molecule has 1 aliphatic rings. The molecule has 1 unspecified atom stereocenters. The van der Waals surface area contributed by atoms with Crippen LogP contribution in [-0.4, -0.2) is 24.8 Å². The number of ether oxygens (including phenoxy) is 1. The largest absolute Gasteiger partial charge is 0.481 e. The number of methoxy groups -OCH3 is 1. The second kappa shape index (κ2) is 5.11. The van der Waals surface area contributed by atoms with Gasteiger partial charge >= 0.3 is 5.97 Å². The molecule has 98 valence electrons. The van der Waals surface area contributed by atoms with Crippen molar-refractivity contribution >= 4 is 5.97 Å². The highest BCUT2D eigenvalue weighted by Crippen LogP contribution is 2.48. The van der Waals surface area contributed by atoms with Gasteiger partial charge in [-0.2, -0.15) is 0 Å². The third-order valence-corrected chi connectivity index (χ3v) is 3.80. The number of rotatable bonds is 6. The Morgan fingerprint density at radius 3 is 2.44 bits per heavy atom. The number of aliphatic carboxylic acids is 1. The molecule has 1 aromatic carbocycles. The molecular weight excluding hydrogens is 228 g/mol. The van der Waals surface area contributed by atoms with Crippen molar-refractivity contribution in [2.75, 3.05) is 13.7 Å². The van der Waals surface area contributed by atoms with E-state index in [0.717, 1.165) is 12.2 Å². The summed E-state index contributed by atoms with van der Waals surface area (Å²) in [7, 11) is 1.74. The predicted octanol–water partition coefficient (Wildman–Crippen LogP) is 2.63. The number of hydrogen-bond acceptors (Lipinski definition) is 2. The Morgan fingerprint density at radius 1 is 1.39 bits per heavy atom. The van der Waals surface area contributed by atoms with Crippen LogP contribution in [0.15, 0.2) is 24.3 Å². The third kappa shape index (κ3) is 2.72. The number of carboxylic acids is 1. The summed E-state index contributed by atoms with van der Waals surface area (Å²) in [6, 6.07) is 8.33. The standard InChI is InChI=1S/C15H20O3/c1-11(14(16)17)9-12-3-5-13(6-4-12)15(7-8-15)10-18-2/h3-6,11H,7-10H2,1-2H3,(H,16,17). The summed E-state index contributed by atoms with van der Waals surface area (Å²) in [5.74, 6) is -1.07. The molecule has 0 saturated heterocycles. The smallest absolute Gasteiger partial charge is 0.306 e. The molecule has 0 radical (unpaired) electrons. The molecule has 18 heavy (non-hydrogen) atoms. The van der Waals surface area contributed by atoms with Crippen molar-refractivity contribution in [2.45, 2.75) is 31.6 Å². The van der Waals surface area contributed by atoms with E-state index in [0.29, 0.717) is 6.42 Å². The first-order valence-electron chi connectivity index (χ1n) is 6.38.